The van der Waals surface area contributed by atoms with Gasteiger partial charge in [0.1, 0.15) is 11.4 Å². The number of ether oxygens (including phenoxy) is 1. The lowest BCUT2D eigenvalue weighted by atomic mass is 10.1. The van der Waals surface area contributed by atoms with Crippen LogP contribution in [0.25, 0.3) is 16.9 Å². The summed E-state index contributed by atoms with van der Waals surface area (Å²) in [7, 11) is 0. The number of amides is 1. The molecule has 4 rings (SSSR count). The Hall–Kier alpha value is -4.19. The molecule has 4 aromatic rings. The van der Waals surface area contributed by atoms with Crippen LogP contribution in [-0.2, 0) is 0 Å². The van der Waals surface area contributed by atoms with Crippen LogP contribution in [-0.4, -0.2) is 28.5 Å². The normalized spacial score (nSPS) is 10.9. The molecular formula is C25H22N4O2. The van der Waals surface area contributed by atoms with Gasteiger partial charge in [-0.25, -0.2) is 10.1 Å². The largest absolute Gasteiger partial charge is 0.494 e. The zero-order valence-corrected chi connectivity index (χ0v) is 17.1. The summed E-state index contributed by atoms with van der Waals surface area (Å²) < 4.78 is 7.21. The molecule has 0 bridgehead atoms. The molecule has 1 amide bonds. The Kier molecular flexibility index (Phi) is 6.18. The highest BCUT2D eigenvalue weighted by Crippen LogP contribution is 2.22. The average Bonchev–Trinajstić information content (AvgIpc) is 3.25. The summed E-state index contributed by atoms with van der Waals surface area (Å²) in [6.07, 6.45) is 3.51. The van der Waals surface area contributed by atoms with Crippen molar-refractivity contribution >= 4 is 12.1 Å². The predicted octanol–water partition coefficient (Wildman–Crippen LogP) is 4.70. The zero-order valence-electron chi connectivity index (χ0n) is 17.1. The van der Waals surface area contributed by atoms with Gasteiger partial charge < -0.3 is 4.74 Å². The lowest BCUT2D eigenvalue weighted by molar-refractivity contribution is 0.0955. The predicted molar refractivity (Wildman–Crippen MR) is 122 cm³/mol. The van der Waals surface area contributed by atoms with Crippen molar-refractivity contribution in [2.45, 2.75) is 6.92 Å². The van der Waals surface area contributed by atoms with Crippen molar-refractivity contribution in [3.05, 3.63) is 102 Å². The number of rotatable bonds is 7. The third-order valence-electron chi connectivity index (χ3n) is 4.61. The summed E-state index contributed by atoms with van der Waals surface area (Å²) in [4.78, 5) is 12.4. The van der Waals surface area contributed by atoms with E-state index in [0.29, 0.717) is 12.2 Å². The van der Waals surface area contributed by atoms with Gasteiger partial charge in [0.15, 0.2) is 0 Å². The molecule has 0 spiro atoms. The fraction of sp³-hybridized carbons (Fsp3) is 0.0800. The number of aromatic nitrogens is 2. The quantitative estimate of drug-likeness (QED) is 0.355. The fourth-order valence-corrected chi connectivity index (χ4v) is 3.11. The van der Waals surface area contributed by atoms with Crippen LogP contribution in [0, 0.1) is 0 Å². The van der Waals surface area contributed by atoms with E-state index in [1.807, 2.05) is 73.8 Å². The van der Waals surface area contributed by atoms with Gasteiger partial charge in [-0.1, -0.05) is 48.5 Å². The van der Waals surface area contributed by atoms with Crippen LogP contribution in [0.1, 0.15) is 22.8 Å². The molecule has 0 aliphatic carbocycles. The van der Waals surface area contributed by atoms with E-state index in [2.05, 4.69) is 10.5 Å². The smallest absolute Gasteiger partial charge is 0.271 e. The van der Waals surface area contributed by atoms with Crippen molar-refractivity contribution in [2.24, 2.45) is 5.10 Å². The van der Waals surface area contributed by atoms with Crippen molar-refractivity contribution in [3.63, 3.8) is 0 Å². The molecule has 1 heterocycles. The third kappa shape index (κ3) is 4.87. The second kappa shape index (κ2) is 9.54. The van der Waals surface area contributed by atoms with Crippen molar-refractivity contribution in [1.82, 2.24) is 15.2 Å². The number of para-hydroxylation sites is 1. The van der Waals surface area contributed by atoms with E-state index in [1.165, 1.54) is 0 Å². The van der Waals surface area contributed by atoms with Crippen LogP contribution >= 0.6 is 0 Å². The van der Waals surface area contributed by atoms with E-state index >= 15 is 0 Å². The van der Waals surface area contributed by atoms with Crippen molar-refractivity contribution in [3.8, 4) is 22.7 Å². The Labute approximate surface area is 180 Å². The molecule has 0 aliphatic heterocycles. The van der Waals surface area contributed by atoms with E-state index in [1.54, 1.807) is 35.2 Å². The third-order valence-corrected chi connectivity index (χ3v) is 4.61. The van der Waals surface area contributed by atoms with Gasteiger partial charge in [0.2, 0.25) is 0 Å². The minimum atomic E-state index is -0.295. The van der Waals surface area contributed by atoms with Crippen LogP contribution in [0.2, 0.25) is 0 Å². The summed E-state index contributed by atoms with van der Waals surface area (Å²) in [5, 5.41) is 8.89. The van der Waals surface area contributed by atoms with Gasteiger partial charge in [-0.05, 0) is 43.3 Å². The van der Waals surface area contributed by atoms with Crippen LogP contribution in [0.5, 0.6) is 5.75 Å². The summed E-state index contributed by atoms with van der Waals surface area (Å²) in [6.45, 7) is 2.50. The highest BCUT2D eigenvalue weighted by molar-refractivity contribution is 5.95. The van der Waals surface area contributed by atoms with E-state index in [9.17, 15) is 4.79 Å². The van der Waals surface area contributed by atoms with Crippen LogP contribution in [0.4, 0.5) is 0 Å². The van der Waals surface area contributed by atoms with E-state index in [-0.39, 0.29) is 5.91 Å². The van der Waals surface area contributed by atoms with E-state index < -0.39 is 0 Å². The summed E-state index contributed by atoms with van der Waals surface area (Å²) >= 11 is 0. The van der Waals surface area contributed by atoms with Gasteiger partial charge >= 0.3 is 0 Å². The standard InChI is InChI=1S/C25H22N4O2/c1-2-31-23-15-13-20(14-16-23)25(30)27-26-17-21-18-29(22-11-7-4-8-12-22)28-24(21)19-9-5-3-6-10-19/h3-18H,2H2,1H3,(H,27,30)/b26-17+. The SMILES string of the molecule is CCOc1ccc(C(=O)N/N=C/c2cn(-c3ccccc3)nc2-c2ccccc2)cc1. The van der Waals surface area contributed by atoms with Crippen LogP contribution < -0.4 is 10.2 Å². The maximum Gasteiger partial charge on any atom is 0.271 e. The molecular weight excluding hydrogens is 388 g/mol. The van der Waals surface area contributed by atoms with Crippen molar-refractivity contribution in [2.75, 3.05) is 6.61 Å². The molecule has 3 aromatic carbocycles. The van der Waals surface area contributed by atoms with E-state index in [4.69, 9.17) is 9.84 Å². The van der Waals surface area contributed by atoms with Gasteiger partial charge in [-0.3, -0.25) is 4.79 Å². The van der Waals surface area contributed by atoms with Gasteiger partial charge in [-0.15, -0.1) is 0 Å². The molecule has 31 heavy (non-hydrogen) atoms. The molecule has 1 N–H and O–H groups in total. The van der Waals surface area contributed by atoms with Gasteiger partial charge in [0.05, 0.1) is 18.5 Å². The van der Waals surface area contributed by atoms with Crippen LogP contribution in [0.15, 0.2) is 96.2 Å². The molecule has 0 unspecified atom stereocenters. The first kappa shape index (κ1) is 20.1. The molecule has 6 nitrogen and oxygen atoms in total. The molecule has 0 saturated heterocycles. The average molecular weight is 410 g/mol. The summed E-state index contributed by atoms with van der Waals surface area (Å²) in [6, 6.07) is 26.7. The van der Waals surface area contributed by atoms with E-state index in [0.717, 1.165) is 28.3 Å². The minimum absolute atomic E-state index is 0.295. The number of hydrogen-bond acceptors (Lipinski definition) is 4. The second-order valence-corrected chi connectivity index (χ2v) is 6.74. The Balaban J connectivity index is 1.56. The monoisotopic (exact) mass is 410 g/mol. The van der Waals surface area contributed by atoms with Crippen molar-refractivity contribution < 1.29 is 9.53 Å². The summed E-state index contributed by atoms with van der Waals surface area (Å²) in [5.41, 5.74) is 6.57. The lowest BCUT2D eigenvalue weighted by Crippen LogP contribution is -2.17. The Morgan fingerprint density at radius 2 is 1.68 bits per heavy atom. The zero-order chi connectivity index (χ0) is 21.5. The first-order valence-electron chi connectivity index (χ1n) is 10.0. The molecule has 1 aromatic heterocycles. The number of nitrogens with zero attached hydrogens (tertiary/aromatic N) is 3. The molecule has 6 heteroatoms. The van der Waals surface area contributed by atoms with Gasteiger partial charge in [0.25, 0.3) is 5.91 Å². The Morgan fingerprint density at radius 3 is 2.35 bits per heavy atom. The molecule has 0 atom stereocenters. The maximum atomic E-state index is 12.4. The molecule has 0 radical (unpaired) electrons. The number of carbonyl (C=O) groups excluding carboxylic acids is 1. The number of hydrogen-bond donors (Lipinski definition) is 1. The lowest BCUT2D eigenvalue weighted by Gasteiger charge is -2.04. The Bertz CT molecular complexity index is 1170. The number of hydrazone groups is 1. The maximum absolute atomic E-state index is 12.4. The van der Waals surface area contributed by atoms with Gasteiger partial charge in [-0.2, -0.15) is 10.2 Å². The molecule has 0 aliphatic rings. The summed E-state index contributed by atoms with van der Waals surface area (Å²) in [5.74, 6) is 0.430. The second-order valence-electron chi connectivity index (χ2n) is 6.74. The topological polar surface area (TPSA) is 68.5 Å². The minimum Gasteiger partial charge on any atom is -0.494 e. The number of carbonyl (C=O) groups is 1. The Morgan fingerprint density at radius 1 is 1.00 bits per heavy atom. The van der Waals surface area contributed by atoms with Gasteiger partial charge in [0, 0.05) is 22.9 Å². The highest BCUT2D eigenvalue weighted by atomic mass is 16.5. The number of benzene rings is 3. The molecule has 0 fully saturated rings. The molecule has 0 saturated carbocycles. The van der Waals surface area contributed by atoms with Crippen molar-refractivity contribution in [1.29, 1.82) is 0 Å². The molecule has 154 valence electrons. The number of nitrogens with one attached hydrogen (secondary N) is 1. The first-order chi connectivity index (χ1) is 15.2. The van der Waals surface area contributed by atoms with Crippen LogP contribution in [0.3, 0.4) is 0 Å². The fourth-order valence-electron chi connectivity index (χ4n) is 3.11. The highest BCUT2D eigenvalue weighted by Gasteiger charge is 2.11. The first-order valence-corrected chi connectivity index (χ1v) is 10.0.